The summed E-state index contributed by atoms with van der Waals surface area (Å²) in [6.07, 6.45) is 8.48. The summed E-state index contributed by atoms with van der Waals surface area (Å²) in [5.74, 6) is 1.75. The summed E-state index contributed by atoms with van der Waals surface area (Å²) in [6.45, 7) is 8.25. The van der Waals surface area contributed by atoms with E-state index in [0.717, 1.165) is 17.9 Å². The molecule has 0 aromatic heterocycles. The van der Waals surface area contributed by atoms with Gasteiger partial charge >= 0.3 is 0 Å². The summed E-state index contributed by atoms with van der Waals surface area (Å²) in [5.41, 5.74) is 0. The van der Waals surface area contributed by atoms with Gasteiger partial charge in [-0.1, -0.05) is 40.0 Å². The molecule has 0 radical (unpaired) electrons. The van der Waals surface area contributed by atoms with Crippen molar-refractivity contribution >= 4 is 0 Å². The van der Waals surface area contributed by atoms with Crippen LogP contribution in [0.25, 0.3) is 0 Å². The van der Waals surface area contributed by atoms with Crippen LogP contribution in [0.15, 0.2) is 0 Å². The zero-order valence-corrected chi connectivity index (χ0v) is 10.2. The second-order valence-corrected chi connectivity index (χ2v) is 5.47. The topological polar surface area (TPSA) is 12.0 Å². The largest absolute Gasteiger partial charge is 0.314 e. The molecule has 1 unspecified atom stereocenters. The van der Waals surface area contributed by atoms with Crippen LogP contribution in [0.2, 0.25) is 0 Å². The van der Waals surface area contributed by atoms with Crippen molar-refractivity contribution in [3.63, 3.8) is 0 Å². The van der Waals surface area contributed by atoms with Crippen LogP contribution in [0, 0.1) is 11.8 Å². The molecular weight excluding hydrogens is 170 g/mol. The van der Waals surface area contributed by atoms with Crippen molar-refractivity contribution in [3.8, 4) is 0 Å². The van der Waals surface area contributed by atoms with Crippen LogP contribution in [-0.2, 0) is 0 Å². The molecule has 14 heavy (non-hydrogen) atoms. The highest BCUT2D eigenvalue weighted by atomic mass is 14.9. The summed E-state index contributed by atoms with van der Waals surface area (Å²) in [7, 11) is 0. The summed E-state index contributed by atoms with van der Waals surface area (Å²) >= 11 is 0. The third-order valence-electron chi connectivity index (χ3n) is 3.34. The van der Waals surface area contributed by atoms with E-state index < -0.39 is 0 Å². The third-order valence-corrected chi connectivity index (χ3v) is 3.34. The van der Waals surface area contributed by atoms with Gasteiger partial charge in [-0.25, -0.2) is 0 Å². The van der Waals surface area contributed by atoms with Crippen LogP contribution in [0.1, 0.15) is 59.3 Å². The first-order valence-electron chi connectivity index (χ1n) is 6.42. The van der Waals surface area contributed by atoms with Crippen LogP contribution in [-0.4, -0.2) is 12.6 Å². The molecule has 84 valence electrons. The van der Waals surface area contributed by atoms with Crippen LogP contribution in [0.5, 0.6) is 0 Å². The summed E-state index contributed by atoms with van der Waals surface area (Å²) < 4.78 is 0. The quantitative estimate of drug-likeness (QED) is 0.657. The number of nitrogens with one attached hydrogen (secondary N) is 1. The van der Waals surface area contributed by atoms with Crippen molar-refractivity contribution in [2.24, 2.45) is 11.8 Å². The molecule has 0 aliphatic heterocycles. The molecule has 0 aromatic rings. The van der Waals surface area contributed by atoms with Crippen LogP contribution in [0.3, 0.4) is 0 Å². The van der Waals surface area contributed by atoms with Crippen molar-refractivity contribution < 1.29 is 0 Å². The van der Waals surface area contributed by atoms with Crippen molar-refractivity contribution in [1.82, 2.24) is 5.32 Å². The lowest BCUT2D eigenvalue weighted by atomic mass is 9.92. The van der Waals surface area contributed by atoms with E-state index >= 15 is 0 Å². The Bertz CT molecular complexity index is 138. The van der Waals surface area contributed by atoms with Gasteiger partial charge in [0.2, 0.25) is 0 Å². The molecule has 0 aromatic carbocycles. The molecule has 1 aliphatic carbocycles. The Morgan fingerprint density at radius 1 is 1.14 bits per heavy atom. The molecule has 1 saturated carbocycles. The maximum absolute atomic E-state index is 3.66. The van der Waals surface area contributed by atoms with E-state index in [2.05, 4.69) is 26.1 Å². The standard InChI is InChI=1S/C13H27N/c1-11(2)6-4-7-12(3)10-14-13-8-5-9-13/h11-14H,4-10H2,1-3H3. The van der Waals surface area contributed by atoms with Crippen molar-refractivity contribution in [3.05, 3.63) is 0 Å². The SMILES string of the molecule is CC(C)CCCC(C)CNC1CCC1. The lowest BCUT2D eigenvalue weighted by Crippen LogP contribution is -2.37. The van der Waals surface area contributed by atoms with Crippen LogP contribution < -0.4 is 5.32 Å². The Hall–Kier alpha value is -0.0400. The second-order valence-electron chi connectivity index (χ2n) is 5.47. The molecule has 1 rings (SSSR count). The predicted octanol–water partition coefficient (Wildman–Crippen LogP) is 3.59. The molecule has 1 atom stereocenters. The highest BCUT2D eigenvalue weighted by molar-refractivity contribution is 4.76. The molecule has 0 amide bonds. The maximum Gasteiger partial charge on any atom is 0.00671 e. The van der Waals surface area contributed by atoms with E-state index in [0.29, 0.717) is 0 Å². The third kappa shape index (κ3) is 4.99. The molecule has 0 spiro atoms. The average Bonchev–Trinajstić information content (AvgIpc) is 2.00. The monoisotopic (exact) mass is 197 g/mol. The van der Waals surface area contributed by atoms with E-state index in [-0.39, 0.29) is 0 Å². The fourth-order valence-corrected chi connectivity index (χ4v) is 1.96. The van der Waals surface area contributed by atoms with E-state index in [1.165, 1.54) is 45.1 Å². The first-order chi connectivity index (χ1) is 6.68. The van der Waals surface area contributed by atoms with E-state index in [4.69, 9.17) is 0 Å². The Labute approximate surface area is 89.7 Å². The molecule has 0 saturated heterocycles. The second kappa shape index (κ2) is 6.44. The maximum atomic E-state index is 3.66. The fraction of sp³-hybridized carbons (Fsp3) is 1.00. The van der Waals surface area contributed by atoms with Gasteiger partial charge in [0.25, 0.3) is 0 Å². The first-order valence-corrected chi connectivity index (χ1v) is 6.42. The van der Waals surface area contributed by atoms with Gasteiger partial charge in [-0.15, -0.1) is 0 Å². The summed E-state index contributed by atoms with van der Waals surface area (Å²) in [5, 5.41) is 3.66. The van der Waals surface area contributed by atoms with Gasteiger partial charge in [-0.2, -0.15) is 0 Å². The molecule has 1 fully saturated rings. The zero-order chi connectivity index (χ0) is 10.4. The Morgan fingerprint density at radius 3 is 2.36 bits per heavy atom. The summed E-state index contributed by atoms with van der Waals surface area (Å²) in [4.78, 5) is 0. The van der Waals surface area contributed by atoms with Crippen LogP contribution >= 0.6 is 0 Å². The van der Waals surface area contributed by atoms with Gasteiger partial charge in [-0.3, -0.25) is 0 Å². The minimum absolute atomic E-state index is 0.863. The van der Waals surface area contributed by atoms with Gasteiger partial charge in [0.1, 0.15) is 0 Å². The van der Waals surface area contributed by atoms with Gasteiger partial charge < -0.3 is 5.32 Å². The Morgan fingerprint density at radius 2 is 1.86 bits per heavy atom. The van der Waals surface area contributed by atoms with Crippen molar-refractivity contribution in [2.45, 2.75) is 65.3 Å². The Kier molecular flexibility index (Phi) is 5.54. The molecular formula is C13H27N. The van der Waals surface area contributed by atoms with E-state index in [9.17, 15) is 0 Å². The lowest BCUT2D eigenvalue weighted by molar-refractivity contribution is 0.313. The van der Waals surface area contributed by atoms with Crippen molar-refractivity contribution in [1.29, 1.82) is 0 Å². The number of rotatable bonds is 7. The minimum Gasteiger partial charge on any atom is -0.314 e. The molecule has 0 bridgehead atoms. The predicted molar refractivity (Wildman–Crippen MR) is 63.5 cm³/mol. The van der Waals surface area contributed by atoms with Gasteiger partial charge in [0.15, 0.2) is 0 Å². The van der Waals surface area contributed by atoms with E-state index in [1.807, 2.05) is 0 Å². The lowest BCUT2D eigenvalue weighted by Gasteiger charge is -2.28. The number of hydrogen-bond acceptors (Lipinski definition) is 1. The average molecular weight is 197 g/mol. The first kappa shape index (κ1) is 12.0. The number of hydrogen-bond donors (Lipinski definition) is 1. The molecule has 1 nitrogen and oxygen atoms in total. The van der Waals surface area contributed by atoms with Gasteiger partial charge in [-0.05, 0) is 37.6 Å². The highest BCUT2D eigenvalue weighted by Gasteiger charge is 2.16. The smallest absolute Gasteiger partial charge is 0.00671 e. The zero-order valence-electron chi connectivity index (χ0n) is 10.2. The van der Waals surface area contributed by atoms with Crippen molar-refractivity contribution in [2.75, 3.05) is 6.54 Å². The molecule has 1 aliphatic rings. The highest BCUT2D eigenvalue weighted by Crippen LogP contribution is 2.19. The Balaban J connectivity index is 1.89. The fourth-order valence-electron chi connectivity index (χ4n) is 1.96. The molecule has 1 heteroatoms. The molecule has 0 heterocycles. The van der Waals surface area contributed by atoms with E-state index in [1.54, 1.807) is 0 Å². The normalized spacial score (nSPS) is 19.7. The van der Waals surface area contributed by atoms with Crippen LogP contribution in [0.4, 0.5) is 0 Å². The van der Waals surface area contributed by atoms with Gasteiger partial charge in [0.05, 0.1) is 0 Å². The minimum atomic E-state index is 0.863. The summed E-state index contributed by atoms with van der Waals surface area (Å²) in [6, 6.07) is 0.863. The van der Waals surface area contributed by atoms with Gasteiger partial charge in [0, 0.05) is 6.04 Å². The molecule has 1 N–H and O–H groups in total.